The Balaban J connectivity index is 0. The van der Waals surface area contributed by atoms with E-state index in [1.54, 1.807) is 0 Å². The molecule has 2 atom stereocenters. The molecule has 21 heavy (non-hydrogen) atoms. The Hall–Kier alpha value is -0.0700. The number of carbonyl (C=O) groups is 1. The fourth-order valence-electron chi connectivity index (χ4n) is 2.43. The van der Waals surface area contributed by atoms with Gasteiger partial charge in [-0.3, -0.25) is 9.69 Å². The van der Waals surface area contributed by atoms with Crippen LogP contribution in [0.5, 0.6) is 0 Å². The minimum atomic E-state index is -0.0401. The summed E-state index contributed by atoms with van der Waals surface area (Å²) >= 11 is 0. The average Bonchev–Trinajstić information content (AvgIpc) is 2.32. The SMILES string of the molecule is CNCCC(=O)NCC(C)(C)N1CC(C)OC(C)C1.Cl.Cl. The molecular weight excluding hydrogens is 313 g/mol. The summed E-state index contributed by atoms with van der Waals surface area (Å²) in [4.78, 5) is 14.1. The minimum Gasteiger partial charge on any atom is -0.373 e. The van der Waals surface area contributed by atoms with Gasteiger partial charge in [0.25, 0.3) is 0 Å². The van der Waals surface area contributed by atoms with Crippen molar-refractivity contribution in [3.05, 3.63) is 0 Å². The topological polar surface area (TPSA) is 53.6 Å². The zero-order valence-electron chi connectivity index (χ0n) is 13.8. The van der Waals surface area contributed by atoms with Crippen LogP contribution in [0.4, 0.5) is 0 Å². The smallest absolute Gasteiger partial charge is 0.221 e. The van der Waals surface area contributed by atoms with Crippen molar-refractivity contribution in [3.63, 3.8) is 0 Å². The van der Waals surface area contributed by atoms with Gasteiger partial charge in [0.2, 0.25) is 5.91 Å². The van der Waals surface area contributed by atoms with Gasteiger partial charge in [0.1, 0.15) is 0 Å². The average molecular weight is 344 g/mol. The minimum absolute atomic E-state index is 0. The van der Waals surface area contributed by atoms with Crippen LogP contribution in [-0.2, 0) is 9.53 Å². The second-order valence-corrected chi connectivity index (χ2v) is 6.11. The van der Waals surface area contributed by atoms with Crippen molar-refractivity contribution in [2.24, 2.45) is 0 Å². The second kappa shape index (κ2) is 10.6. The van der Waals surface area contributed by atoms with Crippen LogP contribution in [0.2, 0.25) is 0 Å². The predicted molar refractivity (Wildman–Crippen MR) is 91.7 cm³/mol. The molecule has 1 heterocycles. The van der Waals surface area contributed by atoms with Crippen molar-refractivity contribution in [2.45, 2.75) is 51.9 Å². The Morgan fingerprint density at radius 3 is 2.24 bits per heavy atom. The third-order valence-electron chi connectivity index (χ3n) is 3.60. The molecule has 1 aliphatic heterocycles. The summed E-state index contributed by atoms with van der Waals surface area (Å²) in [5, 5.41) is 6.01. The molecule has 1 saturated heterocycles. The molecule has 0 saturated carbocycles. The fourth-order valence-corrected chi connectivity index (χ4v) is 2.43. The number of morpholine rings is 1. The van der Waals surface area contributed by atoms with Gasteiger partial charge in [-0.05, 0) is 34.7 Å². The van der Waals surface area contributed by atoms with Gasteiger partial charge in [0.15, 0.2) is 0 Å². The molecule has 0 aromatic rings. The lowest BCUT2D eigenvalue weighted by Crippen LogP contribution is -2.58. The van der Waals surface area contributed by atoms with Crippen LogP contribution >= 0.6 is 24.8 Å². The maximum atomic E-state index is 11.7. The van der Waals surface area contributed by atoms with Crippen LogP contribution in [0.3, 0.4) is 0 Å². The van der Waals surface area contributed by atoms with Crippen molar-refractivity contribution in [1.29, 1.82) is 0 Å². The number of nitrogens with one attached hydrogen (secondary N) is 2. The molecule has 0 radical (unpaired) electrons. The summed E-state index contributed by atoms with van der Waals surface area (Å²) < 4.78 is 5.75. The van der Waals surface area contributed by atoms with Gasteiger partial charge < -0.3 is 15.4 Å². The molecular formula is C14H31Cl2N3O2. The third kappa shape index (κ3) is 8.21. The number of nitrogens with zero attached hydrogens (tertiary/aromatic N) is 1. The Bertz CT molecular complexity index is 294. The normalized spacial score (nSPS) is 22.9. The lowest BCUT2D eigenvalue weighted by Gasteiger charge is -2.45. The van der Waals surface area contributed by atoms with Crippen molar-refractivity contribution in [1.82, 2.24) is 15.5 Å². The molecule has 1 aliphatic rings. The van der Waals surface area contributed by atoms with Crippen LogP contribution in [0.25, 0.3) is 0 Å². The lowest BCUT2D eigenvalue weighted by molar-refractivity contribution is -0.122. The summed E-state index contributed by atoms with van der Waals surface area (Å²) in [6, 6.07) is 0. The van der Waals surface area contributed by atoms with E-state index in [1.807, 2.05) is 7.05 Å². The van der Waals surface area contributed by atoms with E-state index in [0.29, 0.717) is 13.0 Å². The van der Waals surface area contributed by atoms with Gasteiger partial charge in [-0.15, -0.1) is 24.8 Å². The highest BCUT2D eigenvalue weighted by molar-refractivity contribution is 5.85. The van der Waals surface area contributed by atoms with Crippen LogP contribution in [0.15, 0.2) is 0 Å². The van der Waals surface area contributed by atoms with Crippen LogP contribution in [0.1, 0.15) is 34.1 Å². The van der Waals surface area contributed by atoms with Crippen molar-refractivity contribution in [3.8, 4) is 0 Å². The number of hydrogen-bond acceptors (Lipinski definition) is 4. The molecule has 128 valence electrons. The number of halogens is 2. The van der Waals surface area contributed by atoms with Gasteiger partial charge in [-0.2, -0.15) is 0 Å². The van der Waals surface area contributed by atoms with E-state index < -0.39 is 0 Å². The van der Waals surface area contributed by atoms with Crippen LogP contribution < -0.4 is 10.6 Å². The molecule has 2 unspecified atom stereocenters. The van der Waals surface area contributed by atoms with E-state index >= 15 is 0 Å². The van der Waals surface area contributed by atoms with Gasteiger partial charge in [0, 0.05) is 38.1 Å². The maximum Gasteiger partial charge on any atom is 0.221 e. The van der Waals surface area contributed by atoms with E-state index in [9.17, 15) is 4.79 Å². The van der Waals surface area contributed by atoms with Crippen LogP contribution in [-0.4, -0.2) is 61.8 Å². The van der Waals surface area contributed by atoms with Gasteiger partial charge in [0.05, 0.1) is 12.2 Å². The molecule has 0 aromatic heterocycles. The summed E-state index contributed by atoms with van der Waals surface area (Å²) in [6.07, 6.45) is 1.04. The Kier molecular flexibility index (Phi) is 11.7. The maximum absolute atomic E-state index is 11.7. The number of hydrogen-bond donors (Lipinski definition) is 2. The monoisotopic (exact) mass is 343 g/mol. The first-order valence-electron chi connectivity index (χ1n) is 7.17. The van der Waals surface area contributed by atoms with Crippen molar-refractivity contribution >= 4 is 30.7 Å². The first-order valence-corrected chi connectivity index (χ1v) is 7.17. The van der Waals surface area contributed by atoms with E-state index in [-0.39, 0.29) is 48.5 Å². The summed E-state index contributed by atoms with van der Waals surface area (Å²) in [6.45, 7) is 11.8. The first-order chi connectivity index (χ1) is 8.85. The highest BCUT2D eigenvalue weighted by Gasteiger charge is 2.33. The number of amides is 1. The standard InChI is InChI=1S/C14H29N3O2.2ClH/c1-11-8-17(9-12(2)19-11)14(3,4)10-16-13(18)6-7-15-5;;/h11-12,15H,6-10H2,1-5H3,(H,16,18);2*1H. The van der Waals surface area contributed by atoms with E-state index in [4.69, 9.17) is 4.74 Å². The quantitative estimate of drug-likeness (QED) is 0.766. The number of ether oxygens (including phenoxy) is 1. The summed E-state index contributed by atoms with van der Waals surface area (Å²) in [7, 11) is 1.85. The van der Waals surface area contributed by atoms with E-state index in [1.165, 1.54) is 0 Å². The number of rotatable bonds is 6. The highest BCUT2D eigenvalue weighted by atomic mass is 35.5. The predicted octanol–water partition coefficient (Wildman–Crippen LogP) is 1.44. The first kappa shape index (κ1) is 23.2. The zero-order chi connectivity index (χ0) is 14.5. The molecule has 0 bridgehead atoms. The lowest BCUT2D eigenvalue weighted by atomic mass is 10.00. The third-order valence-corrected chi connectivity index (χ3v) is 3.60. The van der Waals surface area contributed by atoms with Crippen molar-refractivity contribution in [2.75, 3.05) is 33.2 Å². The molecule has 0 spiro atoms. The Morgan fingerprint density at radius 1 is 1.24 bits per heavy atom. The summed E-state index contributed by atoms with van der Waals surface area (Å²) in [5.41, 5.74) is -0.0401. The molecule has 1 fully saturated rings. The fraction of sp³-hybridized carbons (Fsp3) is 0.929. The second-order valence-electron chi connectivity index (χ2n) is 6.11. The molecule has 1 rings (SSSR count). The Morgan fingerprint density at radius 2 is 1.76 bits per heavy atom. The van der Waals surface area contributed by atoms with Crippen molar-refractivity contribution < 1.29 is 9.53 Å². The largest absolute Gasteiger partial charge is 0.373 e. The van der Waals surface area contributed by atoms with Gasteiger partial charge >= 0.3 is 0 Å². The highest BCUT2D eigenvalue weighted by Crippen LogP contribution is 2.20. The molecule has 1 amide bonds. The molecule has 2 N–H and O–H groups in total. The number of carbonyl (C=O) groups excluding carboxylic acids is 1. The zero-order valence-corrected chi connectivity index (χ0v) is 15.4. The van der Waals surface area contributed by atoms with Gasteiger partial charge in [-0.25, -0.2) is 0 Å². The van der Waals surface area contributed by atoms with Gasteiger partial charge in [-0.1, -0.05) is 0 Å². The Labute approximate surface area is 141 Å². The van der Waals surface area contributed by atoms with E-state index in [2.05, 4.69) is 43.2 Å². The van der Waals surface area contributed by atoms with Crippen LogP contribution in [0, 0.1) is 0 Å². The molecule has 0 aromatic carbocycles. The molecule has 5 nitrogen and oxygen atoms in total. The molecule has 0 aliphatic carbocycles. The molecule has 7 heteroatoms. The summed E-state index contributed by atoms with van der Waals surface area (Å²) in [5.74, 6) is 0.108. The van der Waals surface area contributed by atoms with E-state index in [0.717, 1.165) is 19.6 Å².